The van der Waals surface area contributed by atoms with Crippen LogP contribution in [0, 0.1) is 6.92 Å². The summed E-state index contributed by atoms with van der Waals surface area (Å²) in [6, 6.07) is 14.1. The van der Waals surface area contributed by atoms with Crippen LogP contribution in [0.5, 0.6) is 5.75 Å². The molecule has 0 atom stereocenters. The second-order valence-corrected chi connectivity index (χ2v) is 7.43. The molecule has 0 saturated carbocycles. The Morgan fingerprint density at radius 2 is 1.85 bits per heavy atom. The summed E-state index contributed by atoms with van der Waals surface area (Å²) in [7, 11) is 0. The fourth-order valence-corrected chi connectivity index (χ4v) is 2.56. The molecule has 0 aliphatic rings. The molecule has 0 bridgehead atoms. The van der Waals surface area contributed by atoms with Crippen LogP contribution in [0.3, 0.4) is 0 Å². The normalized spacial score (nSPS) is 11.6. The average molecular weight is 352 g/mol. The van der Waals surface area contributed by atoms with E-state index in [4.69, 9.17) is 4.74 Å². The second kappa shape index (κ2) is 8.65. The third-order valence-corrected chi connectivity index (χ3v) is 4.09. The van der Waals surface area contributed by atoms with Gasteiger partial charge < -0.3 is 4.74 Å². The molecule has 1 amide bonds. The summed E-state index contributed by atoms with van der Waals surface area (Å²) < 4.78 is 5.75. The largest absolute Gasteiger partial charge is 0.483 e. The summed E-state index contributed by atoms with van der Waals surface area (Å²) in [6.45, 7) is 10.4. The maximum Gasteiger partial charge on any atom is 0.277 e. The molecular formula is C22H28N2O2. The Hall–Kier alpha value is -2.62. The fourth-order valence-electron chi connectivity index (χ4n) is 2.56. The van der Waals surface area contributed by atoms with Crippen LogP contribution in [-0.2, 0) is 16.6 Å². The van der Waals surface area contributed by atoms with Crippen LogP contribution in [0.4, 0.5) is 0 Å². The number of rotatable bonds is 6. The molecule has 2 rings (SSSR count). The minimum absolute atomic E-state index is 0.0533. The number of hydrogen-bond donors (Lipinski definition) is 1. The Bertz CT molecular complexity index is 772. The molecule has 2 aromatic rings. The van der Waals surface area contributed by atoms with E-state index in [-0.39, 0.29) is 17.9 Å². The molecule has 0 unspecified atom stereocenters. The van der Waals surface area contributed by atoms with Gasteiger partial charge in [-0.1, -0.05) is 64.1 Å². The Balaban J connectivity index is 1.92. The number of carbonyl (C=O) groups excluding carboxylic acids is 1. The van der Waals surface area contributed by atoms with Gasteiger partial charge in [-0.05, 0) is 47.1 Å². The van der Waals surface area contributed by atoms with E-state index >= 15 is 0 Å². The van der Waals surface area contributed by atoms with Gasteiger partial charge in [-0.2, -0.15) is 5.10 Å². The number of hydrazone groups is 1. The third-order valence-electron chi connectivity index (χ3n) is 4.09. The number of benzene rings is 2. The number of amides is 1. The van der Waals surface area contributed by atoms with E-state index in [1.54, 1.807) is 6.21 Å². The van der Waals surface area contributed by atoms with Crippen molar-refractivity contribution in [1.29, 1.82) is 0 Å². The molecule has 138 valence electrons. The zero-order valence-corrected chi connectivity index (χ0v) is 16.3. The van der Waals surface area contributed by atoms with Crippen molar-refractivity contribution in [2.75, 3.05) is 6.61 Å². The van der Waals surface area contributed by atoms with Gasteiger partial charge in [0.25, 0.3) is 5.91 Å². The standard InChI is InChI=1S/C22H28N2O2/c1-6-17-8-10-18(11-9-17)14-23-24-21(25)15-26-20-13-16(2)7-12-19(20)22(3,4)5/h7-14H,6,15H2,1-5H3,(H,24,25)/b23-14+. The van der Waals surface area contributed by atoms with Crippen molar-refractivity contribution in [2.24, 2.45) is 5.10 Å². The Labute approximate surface area is 156 Å². The van der Waals surface area contributed by atoms with E-state index < -0.39 is 0 Å². The van der Waals surface area contributed by atoms with Crippen LogP contribution in [-0.4, -0.2) is 18.7 Å². The SMILES string of the molecule is CCc1ccc(/C=N/NC(=O)COc2cc(C)ccc2C(C)(C)C)cc1. The molecular weight excluding hydrogens is 324 g/mol. The van der Waals surface area contributed by atoms with Gasteiger partial charge in [0.2, 0.25) is 0 Å². The first-order valence-electron chi connectivity index (χ1n) is 8.94. The molecule has 26 heavy (non-hydrogen) atoms. The molecule has 0 aromatic heterocycles. The molecule has 1 N–H and O–H groups in total. The smallest absolute Gasteiger partial charge is 0.277 e. The minimum atomic E-state index is -0.284. The van der Waals surface area contributed by atoms with E-state index in [1.165, 1.54) is 5.56 Å². The lowest BCUT2D eigenvalue weighted by molar-refractivity contribution is -0.123. The number of carbonyl (C=O) groups is 1. The van der Waals surface area contributed by atoms with Gasteiger partial charge in [0, 0.05) is 0 Å². The second-order valence-electron chi connectivity index (χ2n) is 7.43. The van der Waals surface area contributed by atoms with Crippen LogP contribution in [0.1, 0.15) is 49.9 Å². The highest BCUT2D eigenvalue weighted by atomic mass is 16.5. The van der Waals surface area contributed by atoms with Crippen molar-refractivity contribution >= 4 is 12.1 Å². The van der Waals surface area contributed by atoms with Gasteiger partial charge in [-0.3, -0.25) is 4.79 Å². The van der Waals surface area contributed by atoms with Gasteiger partial charge in [0.05, 0.1) is 6.21 Å². The predicted octanol–water partition coefficient (Wildman–Crippen LogP) is 4.38. The van der Waals surface area contributed by atoms with Crippen molar-refractivity contribution in [2.45, 2.75) is 46.5 Å². The number of nitrogens with one attached hydrogen (secondary N) is 1. The van der Waals surface area contributed by atoms with E-state index in [0.29, 0.717) is 0 Å². The molecule has 4 nitrogen and oxygen atoms in total. The maximum absolute atomic E-state index is 12.0. The maximum atomic E-state index is 12.0. The summed E-state index contributed by atoms with van der Waals surface area (Å²) >= 11 is 0. The summed E-state index contributed by atoms with van der Waals surface area (Å²) in [4.78, 5) is 12.0. The highest BCUT2D eigenvalue weighted by Gasteiger charge is 2.19. The summed E-state index contributed by atoms with van der Waals surface area (Å²) in [5.41, 5.74) is 6.85. The molecule has 0 spiro atoms. The Morgan fingerprint density at radius 3 is 2.46 bits per heavy atom. The molecule has 0 fully saturated rings. The van der Waals surface area contributed by atoms with Crippen molar-refractivity contribution < 1.29 is 9.53 Å². The van der Waals surface area contributed by atoms with Crippen LogP contribution in [0.15, 0.2) is 47.6 Å². The number of ether oxygens (including phenoxy) is 1. The molecule has 0 heterocycles. The van der Waals surface area contributed by atoms with Crippen LogP contribution in [0.2, 0.25) is 0 Å². The topological polar surface area (TPSA) is 50.7 Å². The van der Waals surface area contributed by atoms with Gasteiger partial charge in [0.15, 0.2) is 6.61 Å². The first-order chi connectivity index (χ1) is 12.3. The number of aryl methyl sites for hydroxylation is 2. The van der Waals surface area contributed by atoms with Crippen molar-refractivity contribution in [3.63, 3.8) is 0 Å². The Kier molecular flexibility index (Phi) is 6.56. The summed E-state index contributed by atoms with van der Waals surface area (Å²) in [6.07, 6.45) is 2.63. The highest BCUT2D eigenvalue weighted by molar-refractivity contribution is 5.82. The number of hydrogen-bond acceptors (Lipinski definition) is 3. The van der Waals surface area contributed by atoms with Crippen molar-refractivity contribution in [3.8, 4) is 5.75 Å². The summed E-state index contributed by atoms with van der Waals surface area (Å²) in [5.74, 6) is 0.458. The fraction of sp³-hybridized carbons (Fsp3) is 0.364. The molecule has 0 saturated heterocycles. The molecule has 0 aliphatic heterocycles. The van der Waals surface area contributed by atoms with E-state index in [9.17, 15) is 4.79 Å². The lowest BCUT2D eigenvalue weighted by Crippen LogP contribution is -2.25. The highest BCUT2D eigenvalue weighted by Crippen LogP contribution is 2.31. The number of nitrogens with zero attached hydrogens (tertiary/aromatic N) is 1. The monoisotopic (exact) mass is 352 g/mol. The third kappa shape index (κ3) is 5.73. The van der Waals surface area contributed by atoms with Crippen molar-refractivity contribution in [1.82, 2.24) is 5.43 Å². The van der Waals surface area contributed by atoms with Gasteiger partial charge >= 0.3 is 0 Å². The zero-order valence-electron chi connectivity index (χ0n) is 16.3. The van der Waals surface area contributed by atoms with E-state index in [1.807, 2.05) is 25.1 Å². The molecule has 4 heteroatoms. The summed E-state index contributed by atoms with van der Waals surface area (Å²) in [5, 5.41) is 3.99. The molecule has 2 aromatic carbocycles. The zero-order chi connectivity index (χ0) is 19.2. The lowest BCUT2D eigenvalue weighted by Gasteiger charge is -2.23. The quantitative estimate of drug-likeness (QED) is 0.619. The van der Waals surface area contributed by atoms with Crippen LogP contribution >= 0.6 is 0 Å². The van der Waals surface area contributed by atoms with E-state index in [0.717, 1.165) is 28.9 Å². The average Bonchev–Trinajstić information content (AvgIpc) is 2.59. The Morgan fingerprint density at radius 1 is 1.15 bits per heavy atom. The van der Waals surface area contributed by atoms with Gasteiger partial charge in [-0.25, -0.2) is 5.43 Å². The van der Waals surface area contributed by atoms with Gasteiger partial charge in [0.1, 0.15) is 5.75 Å². The first-order valence-corrected chi connectivity index (χ1v) is 8.94. The van der Waals surface area contributed by atoms with Gasteiger partial charge in [-0.15, -0.1) is 0 Å². The minimum Gasteiger partial charge on any atom is -0.483 e. The van der Waals surface area contributed by atoms with E-state index in [2.05, 4.69) is 62.5 Å². The molecule has 0 radical (unpaired) electrons. The first kappa shape index (κ1) is 19.7. The van der Waals surface area contributed by atoms with Crippen molar-refractivity contribution in [3.05, 3.63) is 64.7 Å². The van der Waals surface area contributed by atoms with Crippen LogP contribution in [0.25, 0.3) is 0 Å². The molecule has 0 aliphatic carbocycles. The van der Waals surface area contributed by atoms with Crippen LogP contribution < -0.4 is 10.2 Å². The lowest BCUT2D eigenvalue weighted by atomic mass is 9.86. The predicted molar refractivity (Wildman–Crippen MR) is 107 cm³/mol.